The Morgan fingerprint density at radius 2 is 1.34 bits per heavy atom. The molecule has 4 amide bonds. The van der Waals surface area contributed by atoms with Crippen LogP contribution in [-0.2, 0) is 24.0 Å². The van der Waals surface area contributed by atoms with Gasteiger partial charge in [0.15, 0.2) is 0 Å². The van der Waals surface area contributed by atoms with E-state index in [2.05, 4.69) is 16.0 Å². The first-order valence-electron chi connectivity index (χ1n) is 10.5. The lowest BCUT2D eigenvalue weighted by atomic mass is 9.99. The summed E-state index contributed by atoms with van der Waals surface area (Å²) in [7, 11) is 0. The molecule has 0 aromatic rings. The van der Waals surface area contributed by atoms with Gasteiger partial charge in [0, 0.05) is 6.42 Å². The number of hydrogen-bond acceptors (Lipinski definition) is 7. The molecule has 0 aliphatic rings. The van der Waals surface area contributed by atoms with Gasteiger partial charge in [-0.3, -0.25) is 19.2 Å². The lowest BCUT2D eigenvalue weighted by Gasteiger charge is -2.28. The Kier molecular flexibility index (Phi) is 12.5. The number of carbonyl (C=O) groups excluding carboxylic acids is 4. The number of aliphatic carboxylic acids is 1. The normalized spacial score (nSPS) is 15.9. The number of aliphatic hydroxyl groups is 1. The van der Waals surface area contributed by atoms with Crippen LogP contribution in [0.5, 0.6) is 0 Å². The number of aliphatic hydroxyl groups excluding tert-OH is 1. The highest BCUT2D eigenvalue weighted by molar-refractivity contribution is 5.94. The topological polar surface area (TPSA) is 214 Å². The molecule has 0 aromatic heterocycles. The van der Waals surface area contributed by atoms with E-state index in [1.807, 2.05) is 13.8 Å². The van der Waals surface area contributed by atoms with Crippen molar-refractivity contribution in [2.75, 3.05) is 0 Å². The van der Waals surface area contributed by atoms with Gasteiger partial charge in [0.05, 0.1) is 12.1 Å². The smallest absolute Gasteiger partial charge is 0.326 e. The Hall–Kier alpha value is -2.73. The van der Waals surface area contributed by atoms with Gasteiger partial charge in [-0.15, -0.1) is 0 Å². The quantitative estimate of drug-likeness (QED) is 0.157. The molecule has 0 fully saturated rings. The third kappa shape index (κ3) is 10.5. The fourth-order valence-corrected chi connectivity index (χ4v) is 2.83. The van der Waals surface area contributed by atoms with Gasteiger partial charge in [0.1, 0.15) is 18.1 Å². The first-order chi connectivity index (χ1) is 14.7. The highest BCUT2D eigenvalue weighted by Gasteiger charge is 2.33. The number of amides is 4. The Morgan fingerprint density at radius 3 is 1.75 bits per heavy atom. The second-order valence-electron chi connectivity index (χ2n) is 8.60. The summed E-state index contributed by atoms with van der Waals surface area (Å²) in [6.07, 6.45) is -1.30. The van der Waals surface area contributed by atoms with Crippen LogP contribution in [0.15, 0.2) is 0 Å². The van der Waals surface area contributed by atoms with Crippen molar-refractivity contribution in [2.45, 2.75) is 84.2 Å². The van der Waals surface area contributed by atoms with Gasteiger partial charge in [0.2, 0.25) is 23.6 Å². The van der Waals surface area contributed by atoms with E-state index in [9.17, 15) is 34.2 Å². The van der Waals surface area contributed by atoms with Crippen LogP contribution in [0.2, 0.25) is 0 Å². The van der Waals surface area contributed by atoms with Crippen molar-refractivity contribution >= 4 is 29.6 Å². The van der Waals surface area contributed by atoms with Gasteiger partial charge in [-0.25, -0.2) is 4.79 Å². The standard InChI is InChI=1S/C20H37N5O7/c1-9(2)8-13(20(31)32)23-18(29)15(10(3)4)24-19(30)16(11(5)26)25-17(28)12(21)6-7-14(22)27/h9-13,15-16,26H,6-8,21H2,1-5H3,(H2,22,27)(H,23,29)(H,24,30)(H,25,28)(H,31,32). The number of carboxylic acids is 1. The van der Waals surface area contributed by atoms with Crippen LogP contribution in [0.3, 0.4) is 0 Å². The van der Waals surface area contributed by atoms with Gasteiger partial charge >= 0.3 is 5.97 Å². The Bertz CT molecular complexity index is 681. The van der Waals surface area contributed by atoms with Crippen molar-refractivity contribution in [1.82, 2.24) is 16.0 Å². The lowest BCUT2D eigenvalue weighted by molar-refractivity contribution is -0.143. The predicted octanol–water partition coefficient (Wildman–Crippen LogP) is -1.80. The van der Waals surface area contributed by atoms with Crippen LogP contribution in [-0.4, -0.2) is 70.1 Å². The predicted molar refractivity (Wildman–Crippen MR) is 116 cm³/mol. The SMILES string of the molecule is CC(C)CC(NC(=O)C(NC(=O)C(NC(=O)C(N)CCC(N)=O)C(C)O)C(C)C)C(=O)O. The molecule has 0 saturated heterocycles. The summed E-state index contributed by atoms with van der Waals surface area (Å²) in [4.78, 5) is 59.9. The summed E-state index contributed by atoms with van der Waals surface area (Å²) >= 11 is 0. The maximum atomic E-state index is 12.7. The molecule has 0 aromatic carbocycles. The third-order valence-electron chi connectivity index (χ3n) is 4.67. The second-order valence-corrected chi connectivity index (χ2v) is 8.60. The number of rotatable bonds is 14. The number of nitrogens with two attached hydrogens (primary N) is 2. The minimum atomic E-state index is -1.43. The van der Waals surface area contributed by atoms with Crippen LogP contribution < -0.4 is 27.4 Å². The molecule has 0 saturated carbocycles. The van der Waals surface area contributed by atoms with E-state index < -0.39 is 65.8 Å². The maximum absolute atomic E-state index is 12.7. The van der Waals surface area contributed by atoms with Crippen LogP contribution in [0.25, 0.3) is 0 Å². The third-order valence-corrected chi connectivity index (χ3v) is 4.67. The molecule has 0 rings (SSSR count). The largest absolute Gasteiger partial charge is 0.480 e. The minimum absolute atomic E-state index is 0.0112. The molecule has 0 bridgehead atoms. The van der Waals surface area contributed by atoms with Crippen molar-refractivity contribution in [3.63, 3.8) is 0 Å². The summed E-state index contributed by atoms with van der Waals surface area (Å²) in [6.45, 7) is 8.20. The minimum Gasteiger partial charge on any atom is -0.480 e. The number of hydrogen-bond donors (Lipinski definition) is 7. The zero-order valence-corrected chi connectivity index (χ0v) is 19.3. The van der Waals surface area contributed by atoms with E-state index >= 15 is 0 Å². The first-order valence-corrected chi connectivity index (χ1v) is 10.5. The van der Waals surface area contributed by atoms with Crippen molar-refractivity contribution in [3.8, 4) is 0 Å². The zero-order valence-electron chi connectivity index (χ0n) is 19.3. The van der Waals surface area contributed by atoms with Crippen LogP contribution in [0.1, 0.15) is 53.9 Å². The molecule has 0 aliphatic heterocycles. The fourth-order valence-electron chi connectivity index (χ4n) is 2.83. The van der Waals surface area contributed by atoms with Crippen LogP contribution in [0.4, 0.5) is 0 Å². The Morgan fingerprint density at radius 1 is 0.844 bits per heavy atom. The highest BCUT2D eigenvalue weighted by Crippen LogP contribution is 2.09. The summed E-state index contributed by atoms with van der Waals surface area (Å²) < 4.78 is 0. The van der Waals surface area contributed by atoms with E-state index in [0.717, 1.165) is 0 Å². The molecular formula is C20H37N5O7. The summed E-state index contributed by atoms with van der Waals surface area (Å²) in [5.74, 6) is -4.57. The molecule has 0 spiro atoms. The number of carbonyl (C=O) groups is 5. The Labute approximate surface area is 187 Å². The Balaban J connectivity index is 5.31. The average Bonchev–Trinajstić information content (AvgIpc) is 2.66. The van der Waals surface area contributed by atoms with E-state index in [-0.39, 0.29) is 25.2 Å². The molecular weight excluding hydrogens is 422 g/mol. The summed E-state index contributed by atoms with van der Waals surface area (Å²) in [5.41, 5.74) is 10.7. The highest BCUT2D eigenvalue weighted by atomic mass is 16.4. The maximum Gasteiger partial charge on any atom is 0.326 e. The molecule has 5 unspecified atom stereocenters. The number of carboxylic acid groups (broad SMARTS) is 1. The lowest BCUT2D eigenvalue weighted by Crippen LogP contribution is -2.60. The van der Waals surface area contributed by atoms with Gasteiger partial charge in [0.25, 0.3) is 0 Å². The molecule has 184 valence electrons. The number of nitrogens with one attached hydrogen (secondary N) is 3. The molecule has 32 heavy (non-hydrogen) atoms. The van der Waals surface area contributed by atoms with Gasteiger partial charge < -0.3 is 37.6 Å². The number of primary amides is 1. The van der Waals surface area contributed by atoms with Gasteiger partial charge in [-0.05, 0) is 31.6 Å². The van der Waals surface area contributed by atoms with Crippen molar-refractivity contribution in [3.05, 3.63) is 0 Å². The second kappa shape index (κ2) is 13.6. The molecule has 0 radical (unpaired) electrons. The van der Waals surface area contributed by atoms with E-state index in [4.69, 9.17) is 11.5 Å². The van der Waals surface area contributed by atoms with E-state index in [1.54, 1.807) is 13.8 Å². The molecule has 0 heterocycles. The monoisotopic (exact) mass is 459 g/mol. The van der Waals surface area contributed by atoms with Crippen LogP contribution in [0, 0.1) is 11.8 Å². The molecule has 9 N–H and O–H groups in total. The van der Waals surface area contributed by atoms with Crippen molar-refractivity contribution in [2.24, 2.45) is 23.3 Å². The van der Waals surface area contributed by atoms with Crippen molar-refractivity contribution in [1.29, 1.82) is 0 Å². The average molecular weight is 460 g/mol. The molecule has 5 atom stereocenters. The zero-order chi connectivity index (χ0) is 25.2. The fraction of sp³-hybridized carbons (Fsp3) is 0.750. The van der Waals surface area contributed by atoms with E-state index in [1.165, 1.54) is 6.92 Å². The van der Waals surface area contributed by atoms with E-state index in [0.29, 0.717) is 0 Å². The van der Waals surface area contributed by atoms with Crippen LogP contribution >= 0.6 is 0 Å². The molecule has 12 nitrogen and oxygen atoms in total. The summed E-state index contributed by atoms with van der Waals surface area (Å²) in [5, 5.41) is 26.5. The first kappa shape index (κ1) is 29.3. The summed E-state index contributed by atoms with van der Waals surface area (Å²) in [6, 6.07) is -4.80. The van der Waals surface area contributed by atoms with Crippen molar-refractivity contribution < 1.29 is 34.2 Å². The molecule has 12 heteroatoms. The van der Waals surface area contributed by atoms with Gasteiger partial charge in [-0.1, -0.05) is 27.7 Å². The van der Waals surface area contributed by atoms with Gasteiger partial charge in [-0.2, -0.15) is 0 Å². The molecule has 0 aliphatic carbocycles.